The van der Waals surface area contributed by atoms with E-state index in [-0.39, 0.29) is 0 Å². The summed E-state index contributed by atoms with van der Waals surface area (Å²) in [5.41, 5.74) is 22.9. The van der Waals surface area contributed by atoms with E-state index in [4.69, 9.17) is 0 Å². The second-order valence-electron chi connectivity index (χ2n) is 13.2. The molecule has 0 saturated heterocycles. The highest BCUT2D eigenvalue weighted by Crippen LogP contribution is 2.43. The molecule has 0 atom stereocenters. The number of rotatable bonds is 6. The van der Waals surface area contributed by atoms with E-state index in [9.17, 15) is 0 Å². The predicted molar refractivity (Wildman–Crippen MR) is 207 cm³/mol. The second-order valence-corrected chi connectivity index (χ2v) is 13.2. The van der Waals surface area contributed by atoms with E-state index in [1.807, 2.05) is 0 Å². The standard InChI is InChI=1S/C48H42/c1-31-16-10-13-21-41(31)45-27-39(28-46(35(45)5)42-22-14-11-17-32(42)2)40-29-47(43-23-15-12-18-33(43)3)36(6)48(30-40)44-26-38(25-24-34(44)4)37-19-8-7-9-20-37/h7-30H,1-6H3. The second kappa shape index (κ2) is 13.0. The SMILES string of the molecule is Cc1ccccc1-c1cc(-c2cc(-c3ccccc3C)c(C)c(-c3cc(-c4ccccc4)ccc3C)c2)cc(-c2ccccc2C)c1C. The summed E-state index contributed by atoms with van der Waals surface area (Å²) in [5, 5.41) is 0. The van der Waals surface area contributed by atoms with Crippen molar-refractivity contribution in [1.82, 2.24) is 0 Å². The van der Waals surface area contributed by atoms with Gasteiger partial charge in [-0.2, -0.15) is 0 Å². The molecule has 7 rings (SSSR count). The summed E-state index contributed by atoms with van der Waals surface area (Å²) in [6.07, 6.45) is 0. The van der Waals surface area contributed by atoms with E-state index in [1.165, 1.54) is 100 Å². The van der Waals surface area contributed by atoms with Crippen molar-refractivity contribution in [3.63, 3.8) is 0 Å². The Balaban J connectivity index is 1.54. The third-order valence-corrected chi connectivity index (χ3v) is 10.1. The molecule has 0 amide bonds. The lowest BCUT2D eigenvalue weighted by molar-refractivity contribution is 1.37. The molecule has 0 heteroatoms. The van der Waals surface area contributed by atoms with Gasteiger partial charge in [0.1, 0.15) is 0 Å². The Morgan fingerprint density at radius 3 is 0.979 bits per heavy atom. The van der Waals surface area contributed by atoms with Crippen LogP contribution in [0.4, 0.5) is 0 Å². The first-order valence-corrected chi connectivity index (χ1v) is 16.9. The molecule has 0 saturated carbocycles. The van der Waals surface area contributed by atoms with Crippen LogP contribution in [0.5, 0.6) is 0 Å². The van der Waals surface area contributed by atoms with Gasteiger partial charge < -0.3 is 0 Å². The molecule has 0 aliphatic heterocycles. The zero-order chi connectivity index (χ0) is 33.4. The Morgan fingerprint density at radius 2 is 0.562 bits per heavy atom. The molecule has 7 aromatic rings. The molecule has 234 valence electrons. The minimum atomic E-state index is 1.23. The van der Waals surface area contributed by atoms with Crippen LogP contribution in [0.1, 0.15) is 33.4 Å². The Kier molecular flexibility index (Phi) is 8.42. The van der Waals surface area contributed by atoms with Crippen LogP contribution in [-0.4, -0.2) is 0 Å². The van der Waals surface area contributed by atoms with Crippen molar-refractivity contribution in [3.05, 3.63) is 179 Å². The van der Waals surface area contributed by atoms with Gasteiger partial charge in [0.25, 0.3) is 0 Å². The highest BCUT2D eigenvalue weighted by molar-refractivity contribution is 5.91. The number of hydrogen-bond acceptors (Lipinski definition) is 0. The molecule has 48 heavy (non-hydrogen) atoms. The van der Waals surface area contributed by atoms with Gasteiger partial charge in [-0.05, 0) is 172 Å². The monoisotopic (exact) mass is 618 g/mol. The number of aryl methyl sites for hydroxylation is 4. The lowest BCUT2D eigenvalue weighted by Gasteiger charge is -2.21. The average Bonchev–Trinajstić information content (AvgIpc) is 3.10. The van der Waals surface area contributed by atoms with E-state index < -0.39 is 0 Å². The normalized spacial score (nSPS) is 11.1. The first-order valence-electron chi connectivity index (χ1n) is 16.9. The fourth-order valence-corrected chi connectivity index (χ4v) is 7.23. The molecule has 0 bridgehead atoms. The van der Waals surface area contributed by atoms with Crippen LogP contribution in [0.2, 0.25) is 0 Å². The molecule has 0 spiro atoms. The average molecular weight is 619 g/mol. The molecule has 7 aromatic carbocycles. The lowest BCUT2D eigenvalue weighted by Crippen LogP contribution is -1.97. The first-order chi connectivity index (χ1) is 23.3. The Labute approximate surface area is 286 Å². The Morgan fingerprint density at radius 1 is 0.229 bits per heavy atom. The summed E-state index contributed by atoms with van der Waals surface area (Å²) in [4.78, 5) is 0. The van der Waals surface area contributed by atoms with Crippen LogP contribution in [0.25, 0.3) is 66.8 Å². The van der Waals surface area contributed by atoms with E-state index >= 15 is 0 Å². The van der Waals surface area contributed by atoms with Crippen molar-refractivity contribution in [1.29, 1.82) is 0 Å². The largest absolute Gasteiger partial charge is 0.0622 e. The topological polar surface area (TPSA) is 0 Å². The number of hydrogen-bond donors (Lipinski definition) is 0. The maximum atomic E-state index is 2.43. The van der Waals surface area contributed by atoms with Gasteiger partial charge in [-0.15, -0.1) is 0 Å². The van der Waals surface area contributed by atoms with Crippen molar-refractivity contribution in [2.75, 3.05) is 0 Å². The zero-order valence-electron chi connectivity index (χ0n) is 28.9. The van der Waals surface area contributed by atoms with Gasteiger partial charge in [0.15, 0.2) is 0 Å². The highest BCUT2D eigenvalue weighted by Gasteiger charge is 2.19. The third-order valence-electron chi connectivity index (χ3n) is 10.1. The van der Waals surface area contributed by atoms with Gasteiger partial charge in [-0.1, -0.05) is 115 Å². The molecule has 0 radical (unpaired) electrons. The zero-order valence-corrected chi connectivity index (χ0v) is 28.9. The highest BCUT2D eigenvalue weighted by atomic mass is 14.2. The molecule has 0 aliphatic carbocycles. The fourth-order valence-electron chi connectivity index (χ4n) is 7.23. The van der Waals surface area contributed by atoms with Crippen LogP contribution >= 0.6 is 0 Å². The van der Waals surface area contributed by atoms with Gasteiger partial charge in [-0.3, -0.25) is 0 Å². The summed E-state index contributed by atoms with van der Waals surface area (Å²) in [6, 6.07) is 53.6. The molecule has 0 N–H and O–H groups in total. The molecule has 0 aromatic heterocycles. The number of benzene rings is 7. The van der Waals surface area contributed by atoms with Gasteiger partial charge in [0, 0.05) is 0 Å². The summed E-state index contributed by atoms with van der Waals surface area (Å²) in [5.74, 6) is 0. The van der Waals surface area contributed by atoms with E-state index in [1.54, 1.807) is 0 Å². The predicted octanol–water partition coefficient (Wildman–Crippen LogP) is 13.5. The van der Waals surface area contributed by atoms with Crippen LogP contribution < -0.4 is 0 Å². The Hall–Kier alpha value is -5.46. The van der Waals surface area contributed by atoms with Crippen LogP contribution in [0.15, 0.2) is 146 Å². The quantitative estimate of drug-likeness (QED) is 0.174. The third kappa shape index (κ3) is 5.80. The van der Waals surface area contributed by atoms with Crippen molar-refractivity contribution in [2.24, 2.45) is 0 Å². The Bertz CT molecular complexity index is 2220. The summed E-state index contributed by atoms with van der Waals surface area (Å²) < 4.78 is 0. The first kappa shape index (κ1) is 31.2. The van der Waals surface area contributed by atoms with Crippen LogP contribution in [-0.2, 0) is 0 Å². The molecule has 0 unspecified atom stereocenters. The molecule has 0 fully saturated rings. The van der Waals surface area contributed by atoms with E-state index in [2.05, 4.69) is 187 Å². The fraction of sp³-hybridized carbons (Fsp3) is 0.125. The van der Waals surface area contributed by atoms with Gasteiger partial charge in [0.05, 0.1) is 0 Å². The van der Waals surface area contributed by atoms with Crippen molar-refractivity contribution in [3.8, 4) is 66.8 Å². The molecule has 0 heterocycles. The van der Waals surface area contributed by atoms with E-state index in [0.717, 1.165) is 0 Å². The summed E-state index contributed by atoms with van der Waals surface area (Å²) in [6.45, 7) is 13.5. The van der Waals surface area contributed by atoms with Crippen molar-refractivity contribution < 1.29 is 0 Å². The van der Waals surface area contributed by atoms with Gasteiger partial charge >= 0.3 is 0 Å². The molecular formula is C48H42. The van der Waals surface area contributed by atoms with Crippen LogP contribution in [0, 0.1) is 41.5 Å². The van der Waals surface area contributed by atoms with E-state index in [0.29, 0.717) is 0 Å². The van der Waals surface area contributed by atoms with Crippen molar-refractivity contribution >= 4 is 0 Å². The van der Waals surface area contributed by atoms with Crippen LogP contribution in [0.3, 0.4) is 0 Å². The summed E-state index contributed by atoms with van der Waals surface area (Å²) in [7, 11) is 0. The van der Waals surface area contributed by atoms with Gasteiger partial charge in [-0.25, -0.2) is 0 Å². The summed E-state index contributed by atoms with van der Waals surface area (Å²) >= 11 is 0. The maximum absolute atomic E-state index is 2.43. The minimum Gasteiger partial charge on any atom is -0.0622 e. The lowest BCUT2D eigenvalue weighted by atomic mass is 9.83. The molecule has 0 aliphatic rings. The molecular weight excluding hydrogens is 577 g/mol. The van der Waals surface area contributed by atoms with Gasteiger partial charge in [0.2, 0.25) is 0 Å². The maximum Gasteiger partial charge on any atom is -0.0139 e. The minimum absolute atomic E-state index is 1.23. The molecule has 0 nitrogen and oxygen atoms in total. The smallest absolute Gasteiger partial charge is 0.0139 e. The van der Waals surface area contributed by atoms with Crippen molar-refractivity contribution in [2.45, 2.75) is 41.5 Å².